The van der Waals surface area contributed by atoms with E-state index in [1.54, 1.807) is 6.92 Å². The highest BCUT2D eigenvalue weighted by atomic mass is 35.5. The molecule has 6 heteroatoms. The number of hydrogen-bond acceptors (Lipinski definition) is 3. The Hall–Kier alpha value is -1.26. The van der Waals surface area contributed by atoms with Gasteiger partial charge >= 0.3 is 5.97 Å². The summed E-state index contributed by atoms with van der Waals surface area (Å²) in [5, 5.41) is 0.585. The molecular formula is C11H11Cl2NO3. The molecular weight excluding hydrogens is 265 g/mol. The first-order valence-corrected chi connectivity index (χ1v) is 5.63. The maximum Gasteiger partial charge on any atom is 0.323 e. The van der Waals surface area contributed by atoms with Crippen LogP contribution in [0.5, 0.6) is 0 Å². The normalized spacial score (nSPS) is 11.9. The zero-order valence-corrected chi connectivity index (χ0v) is 10.6. The van der Waals surface area contributed by atoms with E-state index in [9.17, 15) is 9.59 Å². The van der Waals surface area contributed by atoms with E-state index in [-0.39, 0.29) is 11.6 Å². The molecule has 0 aromatic heterocycles. The van der Waals surface area contributed by atoms with Gasteiger partial charge in [0.05, 0.1) is 16.7 Å². The van der Waals surface area contributed by atoms with E-state index in [2.05, 4.69) is 0 Å². The van der Waals surface area contributed by atoms with Crippen molar-refractivity contribution in [1.29, 1.82) is 0 Å². The van der Waals surface area contributed by atoms with Crippen LogP contribution < -0.4 is 5.73 Å². The molecule has 1 unspecified atom stereocenters. The summed E-state index contributed by atoms with van der Waals surface area (Å²) in [6.07, 6.45) is 0. The molecule has 0 aliphatic rings. The fraction of sp³-hybridized carbons (Fsp3) is 0.273. The largest absolute Gasteiger partial charge is 0.465 e. The highest BCUT2D eigenvalue weighted by molar-refractivity contribution is 6.42. The first kappa shape index (κ1) is 13.8. The van der Waals surface area contributed by atoms with Crippen LogP contribution in [-0.2, 0) is 14.3 Å². The zero-order valence-electron chi connectivity index (χ0n) is 9.07. The molecule has 0 heterocycles. The fourth-order valence-corrected chi connectivity index (χ4v) is 1.64. The van der Waals surface area contributed by atoms with Gasteiger partial charge in [-0.3, -0.25) is 9.59 Å². The molecule has 0 saturated heterocycles. The molecule has 0 fully saturated rings. The van der Waals surface area contributed by atoms with Crippen molar-refractivity contribution in [1.82, 2.24) is 0 Å². The van der Waals surface area contributed by atoms with Crippen molar-refractivity contribution in [2.24, 2.45) is 5.73 Å². The average molecular weight is 276 g/mol. The Kier molecular flexibility index (Phi) is 4.78. The molecule has 0 spiro atoms. The molecule has 92 valence electrons. The second kappa shape index (κ2) is 5.89. The number of ether oxygens (including phenoxy) is 1. The zero-order chi connectivity index (χ0) is 13.0. The third-order valence-electron chi connectivity index (χ3n) is 2.08. The number of hydrogen-bond donors (Lipinski definition) is 1. The first-order valence-electron chi connectivity index (χ1n) is 4.88. The van der Waals surface area contributed by atoms with Crippen LogP contribution in [-0.4, -0.2) is 18.5 Å². The number of benzene rings is 1. The maximum atomic E-state index is 11.6. The van der Waals surface area contributed by atoms with Gasteiger partial charge in [-0.2, -0.15) is 0 Å². The maximum absolute atomic E-state index is 11.6. The van der Waals surface area contributed by atoms with Crippen LogP contribution in [0.4, 0.5) is 0 Å². The van der Waals surface area contributed by atoms with Gasteiger partial charge in [-0.25, -0.2) is 0 Å². The van der Waals surface area contributed by atoms with E-state index >= 15 is 0 Å². The molecule has 0 aliphatic carbocycles. The van der Waals surface area contributed by atoms with E-state index in [1.807, 2.05) is 0 Å². The summed E-state index contributed by atoms with van der Waals surface area (Å²) in [5.74, 6) is -2.65. The standard InChI is InChI=1S/C11H11Cl2NO3/c1-2-17-11(16)9(10(14)15)6-3-4-7(12)8(13)5-6/h3-5,9H,2H2,1H3,(H2,14,15). The lowest BCUT2D eigenvalue weighted by Crippen LogP contribution is -2.29. The number of esters is 1. The Balaban J connectivity index is 3.10. The fourth-order valence-electron chi connectivity index (χ4n) is 1.33. The van der Waals surface area contributed by atoms with E-state index in [0.717, 1.165) is 0 Å². The van der Waals surface area contributed by atoms with Crippen molar-refractivity contribution in [3.63, 3.8) is 0 Å². The van der Waals surface area contributed by atoms with Gasteiger partial charge in [0.2, 0.25) is 5.91 Å². The minimum atomic E-state index is -1.16. The van der Waals surface area contributed by atoms with Crippen LogP contribution in [0.25, 0.3) is 0 Å². The topological polar surface area (TPSA) is 69.4 Å². The minimum absolute atomic E-state index is 0.171. The molecule has 0 aliphatic heterocycles. The average Bonchev–Trinajstić information content (AvgIpc) is 2.23. The van der Waals surface area contributed by atoms with E-state index in [1.165, 1.54) is 18.2 Å². The minimum Gasteiger partial charge on any atom is -0.465 e. The van der Waals surface area contributed by atoms with Crippen LogP contribution in [0.3, 0.4) is 0 Å². The van der Waals surface area contributed by atoms with Crippen molar-refractivity contribution in [2.45, 2.75) is 12.8 Å². The second-order valence-electron chi connectivity index (χ2n) is 3.26. The van der Waals surface area contributed by atoms with Crippen molar-refractivity contribution in [2.75, 3.05) is 6.61 Å². The third kappa shape index (κ3) is 3.35. The highest BCUT2D eigenvalue weighted by Gasteiger charge is 2.28. The van der Waals surface area contributed by atoms with Gasteiger partial charge in [0.25, 0.3) is 0 Å². The summed E-state index contributed by atoms with van der Waals surface area (Å²) in [6.45, 7) is 1.81. The van der Waals surface area contributed by atoms with Crippen molar-refractivity contribution >= 4 is 35.1 Å². The Bertz CT molecular complexity index is 448. The Morgan fingerprint density at radius 1 is 1.35 bits per heavy atom. The van der Waals surface area contributed by atoms with Gasteiger partial charge in [0.15, 0.2) is 5.92 Å². The Morgan fingerprint density at radius 3 is 2.47 bits per heavy atom. The van der Waals surface area contributed by atoms with Crippen LogP contribution in [0.1, 0.15) is 18.4 Å². The number of carbonyl (C=O) groups is 2. The van der Waals surface area contributed by atoms with E-state index in [4.69, 9.17) is 33.7 Å². The molecule has 17 heavy (non-hydrogen) atoms. The molecule has 1 aromatic rings. The van der Waals surface area contributed by atoms with Crippen molar-refractivity contribution < 1.29 is 14.3 Å². The lowest BCUT2D eigenvalue weighted by molar-refractivity contribution is -0.147. The quantitative estimate of drug-likeness (QED) is 0.676. The number of nitrogens with two attached hydrogens (primary N) is 1. The Morgan fingerprint density at radius 2 is 2.00 bits per heavy atom. The number of carbonyl (C=O) groups excluding carboxylic acids is 2. The van der Waals surface area contributed by atoms with Gasteiger partial charge < -0.3 is 10.5 Å². The summed E-state index contributed by atoms with van der Waals surface area (Å²) >= 11 is 11.5. The van der Waals surface area contributed by atoms with Gasteiger partial charge in [-0.15, -0.1) is 0 Å². The lowest BCUT2D eigenvalue weighted by Gasteiger charge is -2.13. The SMILES string of the molecule is CCOC(=O)C(C(N)=O)c1ccc(Cl)c(Cl)c1. The molecule has 0 saturated carbocycles. The summed E-state index contributed by atoms with van der Waals surface area (Å²) in [4.78, 5) is 22.8. The molecule has 4 nitrogen and oxygen atoms in total. The summed E-state index contributed by atoms with van der Waals surface area (Å²) < 4.78 is 4.77. The molecule has 0 bridgehead atoms. The monoisotopic (exact) mass is 275 g/mol. The first-order chi connectivity index (χ1) is 7.97. The van der Waals surface area contributed by atoms with Gasteiger partial charge in [-0.05, 0) is 24.6 Å². The van der Waals surface area contributed by atoms with Crippen LogP contribution >= 0.6 is 23.2 Å². The number of halogens is 2. The Labute approximate surface area is 109 Å². The molecule has 1 rings (SSSR count). The molecule has 1 amide bonds. The van der Waals surface area contributed by atoms with E-state index in [0.29, 0.717) is 10.6 Å². The van der Waals surface area contributed by atoms with Crippen LogP contribution in [0.2, 0.25) is 10.0 Å². The number of primary amides is 1. The summed E-state index contributed by atoms with van der Waals surface area (Å²) in [6, 6.07) is 4.44. The highest BCUT2D eigenvalue weighted by Crippen LogP contribution is 2.27. The van der Waals surface area contributed by atoms with Gasteiger partial charge in [0, 0.05) is 0 Å². The third-order valence-corrected chi connectivity index (χ3v) is 2.82. The summed E-state index contributed by atoms with van der Waals surface area (Å²) in [5.41, 5.74) is 5.54. The predicted molar refractivity (Wildman–Crippen MR) is 65.0 cm³/mol. The van der Waals surface area contributed by atoms with Crippen LogP contribution in [0.15, 0.2) is 18.2 Å². The smallest absolute Gasteiger partial charge is 0.323 e. The number of rotatable bonds is 4. The van der Waals surface area contributed by atoms with Crippen molar-refractivity contribution in [3.8, 4) is 0 Å². The van der Waals surface area contributed by atoms with Gasteiger partial charge in [-0.1, -0.05) is 29.3 Å². The second-order valence-corrected chi connectivity index (χ2v) is 4.08. The predicted octanol–water partition coefficient (Wildman–Crippen LogP) is 2.13. The van der Waals surface area contributed by atoms with E-state index < -0.39 is 17.8 Å². The summed E-state index contributed by atoms with van der Waals surface area (Å²) in [7, 11) is 0. The molecule has 1 atom stereocenters. The molecule has 2 N–H and O–H groups in total. The van der Waals surface area contributed by atoms with Crippen molar-refractivity contribution in [3.05, 3.63) is 33.8 Å². The molecule has 0 radical (unpaired) electrons. The molecule has 1 aromatic carbocycles. The number of amides is 1. The van der Waals surface area contributed by atoms with Crippen LogP contribution in [0, 0.1) is 0 Å². The lowest BCUT2D eigenvalue weighted by atomic mass is 9.99. The van der Waals surface area contributed by atoms with Gasteiger partial charge in [0.1, 0.15) is 0 Å².